The van der Waals surface area contributed by atoms with Gasteiger partial charge in [-0.15, -0.1) is 0 Å². The summed E-state index contributed by atoms with van der Waals surface area (Å²) in [5.74, 6) is 0.272. The third-order valence-electron chi connectivity index (χ3n) is 4.53. The Morgan fingerprint density at radius 1 is 1.14 bits per heavy atom. The van der Waals surface area contributed by atoms with Crippen molar-refractivity contribution >= 4 is 11.8 Å². The Hall–Kier alpha value is -1.14. The molecule has 0 aromatic carbocycles. The molecular weight excluding hydrogens is 280 g/mol. The lowest BCUT2D eigenvalue weighted by Gasteiger charge is -2.22. The van der Waals surface area contributed by atoms with Crippen molar-refractivity contribution in [3.05, 3.63) is 0 Å². The highest BCUT2D eigenvalue weighted by Crippen LogP contribution is 2.13. The monoisotopic (exact) mass is 310 g/mol. The van der Waals surface area contributed by atoms with Crippen LogP contribution in [0.5, 0.6) is 0 Å². The third-order valence-corrected chi connectivity index (χ3v) is 4.53. The third kappa shape index (κ3) is 4.95. The Labute approximate surface area is 133 Å². The van der Waals surface area contributed by atoms with Crippen LogP contribution in [0.2, 0.25) is 0 Å². The normalized spacial score (nSPS) is 27.1. The minimum Gasteiger partial charge on any atom is -0.352 e. The largest absolute Gasteiger partial charge is 0.352 e. The Balaban J connectivity index is 1.69. The number of carbonyl (C=O) groups excluding carboxylic acids is 2. The molecule has 0 spiro atoms. The van der Waals surface area contributed by atoms with Gasteiger partial charge in [-0.05, 0) is 19.4 Å². The molecule has 2 rings (SSSR count). The summed E-state index contributed by atoms with van der Waals surface area (Å²) in [6.45, 7) is 10.2. The van der Waals surface area contributed by atoms with Crippen LogP contribution in [0, 0.1) is 11.8 Å². The van der Waals surface area contributed by atoms with E-state index < -0.39 is 0 Å². The van der Waals surface area contributed by atoms with Gasteiger partial charge in [-0.1, -0.05) is 20.8 Å². The zero-order chi connectivity index (χ0) is 16.1. The minimum absolute atomic E-state index is 0.0137. The smallest absolute Gasteiger partial charge is 0.224 e. The second-order valence-electron chi connectivity index (χ2n) is 7.01. The van der Waals surface area contributed by atoms with Crippen molar-refractivity contribution in [1.29, 1.82) is 0 Å². The molecule has 2 amide bonds. The van der Waals surface area contributed by atoms with E-state index in [-0.39, 0.29) is 35.7 Å². The van der Waals surface area contributed by atoms with Crippen molar-refractivity contribution in [2.75, 3.05) is 32.7 Å². The first-order valence-electron chi connectivity index (χ1n) is 8.49. The molecule has 3 atom stereocenters. The van der Waals surface area contributed by atoms with Gasteiger partial charge in [0.2, 0.25) is 11.8 Å². The van der Waals surface area contributed by atoms with Crippen LogP contribution in [-0.2, 0) is 9.59 Å². The summed E-state index contributed by atoms with van der Waals surface area (Å²) in [6, 6.07) is 0.510. The standard InChI is InChI=1S/C16H30N4O2/c1-11(2)15(21)19-14-5-7-20(10-14)9-12(3)16(22)18-13-4-6-17-8-13/h11-14,17H,4-10H2,1-3H3,(H,18,22)(H,19,21)/t12?,13-,14+/m0/s1. The Kier molecular flexibility index (Phi) is 6.20. The number of hydrogen-bond donors (Lipinski definition) is 3. The first kappa shape index (κ1) is 17.2. The summed E-state index contributed by atoms with van der Waals surface area (Å²) in [5, 5.41) is 9.45. The van der Waals surface area contributed by atoms with E-state index in [1.54, 1.807) is 0 Å². The van der Waals surface area contributed by atoms with Crippen LogP contribution in [0.1, 0.15) is 33.6 Å². The van der Waals surface area contributed by atoms with E-state index in [0.29, 0.717) is 0 Å². The zero-order valence-corrected chi connectivity index (χ0v) is 14.0. The Morgan fingerprint density at radius 2 is 1.86 bits per heavy atom. The lowest BCUT2D eigenvalue weighted by Crippen LogP contribution is -2.43. The van der Waals surface area contributed by atoms with E-state index in [9.17, 15) is 9.59 Å². The van der Waals surface area contributed by atoms with Gasteiger partial charge in [0.15, 0.2) is 0 Å². The SMILES string of the molecule is CC(C)C(=O)N[C@@H]1CCN(CC(C)C(=O)N[C@H]2CCNC2)C1. The molecular formula is C16H30N4O2. The summed E-state index contributed by atoms with van der Waals surface area (Å²) < 4.78 is 0. The highest BCUT2D eigenvalue weighted by Gasteiger charge is 2.28. The van der Waals surface area contributed by atoms with E-state index in [1.165, 1.54) is 0 Å². The molecule has 22 heavy (non-hydrogen) atoms. The molecule has 0 aliphatic carbocycles. The number of carbonyl (C=O) groups is 2. The molecule has 2 fully saturated rings. The maximum absolute atomic E-state index is 12.2. The zero-order valence-electron chi connectivity index (χ0n) is 14.0. The average molecular weight is 310 g/mol. The number of nitrogens with one attached hydrogen (secondary N) is 3. The van der Waals surface area contributed by atoms with E-state index in [1.807, 2.05) is 20.8 Å². The van der Waals surface area contributed by atoms with Crippen LogP contribution < -0.4 is 16.0 Å². The van der Waals surface area contributed by atoms with Crippen LogP contribution in [-0.4, -0.2) is 61.5 Å². The predicted octanol–water partition coefficient (Wildman–Crippen LogP) is -0.0529. The fourth-order valence-electron chi connectivity index (χ4n) is 3.08. The van der Waals surface area contributed by atoms with E-state index >= 15 is 0 Å². The summed E-state index contributed by atoms with van der Waals surface area (Å²) >= 11 is 0. The maximum atomic E-state index is 12.2. The molecule has 2 aliphatic heterocycles. The van der Waals surface area contributed by atoms with Gasteiger partial charge in [0, 0.05) is 50.1 Å². The molecule has 0 aromatic heterocycles. The molecule has 1 unspecified atom stereocenters. The predicted molar refractivity (Wildman–Crippen MR) is 86.4 cm³/mol. The number of nitrogens with zero attached hydrogens (tertiary/aromatic N) is 1. The van der Waals surface area contributed by atoms with Crippen LogP contribution in [0.3, 0.4) is 0 Å². The van der Waals surface area contributed by atoms with E-state index in [4.69, 9.17) is 0 Å². The van der Waals surface area contributed by atoms with Crippen LogP contribution >= 0.6 is 0 Å². The van der Waals surface area contributed by atoms with E-state index in [2.05, 4.69) is 20.9 Å². The summed E-state index contributed by atoms with van der Waals surface area (Å²) in [5.41, 5.74) is 0. The Bertz CT molecular complexity index is 394. The van der Waals surface area contributed by atoms with Crippen LogP contribution in [0.4, 0.5) is 0 Å². The summed E-state index contributed by atoms with van der Waals surface area (Å²) in [7, 11) is 0. The molecule has 126 valence electrons. The minimum atomic E-state index is -0.0137. The molecule has 3 N–H and O–H groups in total. The first-order chi connectivity index (χ1) is 10.5. The first-order valence-corrected chi connectivity index (χ1v) is 8.49. The van der Waals surface area contributed by atoms with Crippen molar-refractivity contribution in [3.63, 3.8) is 0 Å². The molecule has 0 bridgehead atoms. The molecule has 0 radical (unpaired) electrons. The van der Waals surface area contributed by atoms with Gasteiger partial charge in [0.05, 0.1) is 0 Å². The van der Waals surface area contributed by atoms with Crippen molar-refractivity contribution in [1.82, 2.24) is 20.9 Å². The maximum Gasteiger partial charge on any atom is 0.224 e. The number of amides is 2. The molecule has 0 saturated carbocycles. The van der Waals surface area contributed by atoms with Gasteiger partial charge in [-0.25, -0.2) is 0 Å². The second kappa shape index (κ2) is 7.92. The fourth-order valence-corrected chi connectivity index (χ4v) is 3.08. The van der Waals surface area contributed by atoms with Gasteiger partial charge in [0.1, 0.15) is 0 Å². The van der Waals surface area contributed by atoms with Gasteiger partial charge >= 0.3 is 0 Å². The lowest BCUT2D eigenvalue weighted by atomic mass is 10.1. The van der Waals surface area contributed by atoms with Gasteiger partial charge < -0.3 is 20.9 Å². The molecule has 6 nitrogen and oxygen atoms in total. The van der Waals surface area contributed by atoms with Crippen molar-refractivity contribution < 1.29 is 9.59 Å². The lowest BCUT2D eigenvalue weighted by molar-refractivity contribution is -0.126. The fraction of sp³-hybridized carbons (Fsp3) is 0.875. The summed E-state index contributed by atoms with van der Waals surface area (Å²) in [4.78, 5) is 26.2. The molecule has 2 saturated heterocycles. The van der Waals surface area contributed by atoms with Gasteiger partial charge in [-0.2, -0.15) is 0 Å². The number of likely N-dealkylation sites (tertiary alicyclic amines) is 1. The van der Waals surface area contributed by atoms with Crippen molar-refractivity contribution in [3.8, 4) is 0 Å². The van der Waals surface area contributed by atoms with Crippen molar-refractivity contribution in [2.45, 2.75) is 45.7 Å². The number of hydrogen-bond acceptors (Lipinski definition) is 4. The molecule has 0 aromatic rings. The number of rotatable bonds is 6. The highest BCUT2D eigenvalue weighted by molar-refractivity contribution is 5.79. The summed E-state index contributed by atoms with van der Waals surface area (Å²) in [6.07, 6.45) is 1.99. The topological polar surface area (TPSA) is 73.5 Å². The second-order valence-corrected chi connectivity index (χ2v) is 7.01. The quantitative estimate of drug-likeness (QED) is 0.643. The van der Waals surface area contributed by atoms with Crippen LogP contribution in [0.25, 0.3) is 0 Å². The van der Waals surface area contributed by atoms with Gasteiger partial charge in [0.25, 0.3) is 0 Å². The highest BCUT2D eigenvalue weighted by atomic mass is 16.2. The van der Waals surface area contributed by atoms with E-state index in [0.717, 1.165) is 45.6 Å². The molecule has 2 aliphatic rings. The molecule has 6 heteroatoms. The molecule has 2 heterocycles. The Morgan fingerprint density at radius 3 is 2.50 bits per heavy atom. The van der Waals surface area contributed by atoms with Crippen LogP contribution in [0.15, 0.2) is 0 Å². The van der Waals surface area contributed by atoms with Crippen molar-refractivity contribution in [2.24, 2.45) is 11.8 Å². The average Bonchev–Trinajstić information content (AvgIpc) is 3.10. The van der Waals surface area contributed by atoms with Gasteiger partial charge in [-0.3, -0.25) is 9.59 Å².